The van der Waals surface area contributed by atoms with Crippen LogP contribution in [0.1, 0.15) is 22.6 Å². The van der Waals surface area contributed by atoms with Crippen molar-refractivity contribution in [2.24, 2.45) is 0 Å². The summed E-state index contributed by atoms with van der Waals surface area (Å²) >= 11 is 3.50. The predicted octanol–water partition coefficient (Wildman–Crippen LogP) is 4.34. The molecule has 1 aliphatic carbocycles. The van der Waals surface area contributed by atoms with Crippen molar-refractivity contribution in [1.29, 1.82) is 0 Å². The largest absolute Gasteiger partial charge is 0.461 e. The number of aryl methyl sites for hydroxylation is 1. The molecule has 1 aromatic carbocycles. The van der Waals surface area contributed by atoms with Crippen molar-refractivity contribution in [1.82, 2.24) is 0 Å². The highest BCUT2D eigenvalue weighted by Gasteiger charge is 2.17. The van der Waals surface area contributed by atoms with Crippen molar-refractivity contribution < 1.29 is 4.42 Å². The Hall–Kier alpha value is -1.28. The van der Waals surface area contributed by atoms with E-state index in [1.165, 1.54) is 16.7 Å². The van der Waals surface area contributed by atoms with Gasteiger partial charge in [0.05, 0.1) is 0 Å². The molecule has 0 saturated carbocycles. The molecule has 0 fully saturated rings. The van der Waals surface area contributed by atoms with Crippen LogP contribution in [0, 0.1) is 6.92 Å². The van der Waals surface area contributed by atoms with Gasteiger partial charge in [-0.15, -0.1) is 0 Å². The molecule has 3 rings (SSSR count). The van der Waals surface area contributed by atoms with Crippen molar-refractivity contribution in [3.05, 3.63) is 63.5 Å². The minimum atomic E-state index is 0.960. The Balaban J connectivity index is 2.08. The summed E-state index contributed by atoms with van der Waals surface area (Å²) in [6, 6.07) is 10.4. The molecule has 2 aromatic rings. The SMILES string of the molecule is Cc1ccc(C2=CCc3cc(Br)ccc32)o1. The third-order valence-electron chi connectivity index (χ3n) is 2.89. The Morgan fingerprint density at radius 1 is 1.19 bits per heavy atom. The van der Waals surface area contributed by atoms with E-state index in [1.54, 1.807) is 0 Å². The van der Waals surface area contributed by atoms with Gasteiger partial charge in [-0.25, -0.2) is 0 Å². The summed E-state index contributed by atoms with van der Waals surface area (Å²) < 4.78 is 6.81. The maximum Gasteiger partial charge on any atom is 0.134 e. The van der Waals surface area contributed by atoms with Crippen LogP contribution in [0.4, 0.5) is 0 Å². The minimum absolute atomic E-state index is 0.960. The summed E-state index contributed by atoms with van der Waals surface area (Å²) in [4.78, 5) is 0. The highest BCUT2D eigenvalue weighted by molar-refractivity contribution is 9.10. The summed E-state index contributed by atoms with van der Waals surface area (Å²) in [6.45, 7) is 1.97. The number of allylic oxidation sites excluding steroid dienone is 1. The fourth-order valence-electron chi connectivity index (χ4n) is 2.13. The zero-order valence-corrected chi connectivity index (χ0v) is 10.5. The first-order valence-corrected chi connectivity index (χ1v) is 6.09. The third kappa shape index (κ3) is 1.54. The lowest BCUT2D eigenvalue weighted by atomic mass is 10.0. The lowest BCUT2D eigenvalue weighted by molar-refractivity contribution is 0.522. The standard InChI is InChI=1S/C14H11BrO/c1-9-2-7-14(16-9)13-5-3-10-8-11(15)4-6-12(10)13/h2,4-8H,3H2,1H3. The monoisotopic (exact) mass is 274 g/mol. The van der Waals surface area contributed by atoms with Gasteiger partial charge in [0.2, 0.25) is 0 Å². The predicted molar refractivity (Wildman–Crippen MR) is 68.4 cm³/mol. The van der Waals surface area contributed by atoms with Crippen LogP contribution in [-0.2, 0) is 6.42 Å². The summed E-state index contributed by atoms with van der Waals surface area (Å²) in [6.07, 6.45) is 3.22. The second-order valence-corrected chi connectivity index (χ2v) is 4.95. The maximum absolute atomic E-state index is 5.67. The molecule has 0 spiro atoms. The average Bonchev–Trinajstić information content (AvgIpc) is 2.83. The molecule has 80 valence electrons. The Morgan fingerprint density at radius 3 is 2.81 bits per heavy atom. The molecule has 0 radical (unpaired) electrons. The highest BCUT2D eigenvalue weighted by Crippen LogP contribution is 2.34. The number of hydrogen-bond acceptors (Lipinski definition) is 1. The lowest BCUT2D eigenvalue weighted by Gasteiger charge is -2.03. The topological polar surface area (TPSA) is 13.1 Å². The van der Waals surface area contributed by atoms with E-state index in [0.717, 1.165) is 22.4 Å². The molecule has 1 aromatic heterocycles. The van der Waals surface area contributed by atoms with Gasteiger partial charge in [-0.3, -0.25) is 0 Å². The van der Waals surface area contributed by atoms with Crippen LogP contribution >= 0.6 is 15.9 Å². The van der Waals surface area contributed by atoms with E-state index in [-0.39, 0.29) is 0 Å². The van der Waals surface area contributed by atoms with Crippen molar-refractivity contribution in [2.75, 3.05) is 0 Å². The van der Waals surface area contributed by atoms with Crippen LogP contribution in [-0.4, -0.2) is 0 Å². The van der Waals surface area contributed by atoms with E-state index in [9.17, 15) is 0 Å². The Kier molecular flexibility index (Phi) is 2.25. The Labute approximate surface area is 103 Å². The number of halogens is 1. The second kappa shape index (κ2) is 3.63. The molecule has 2 heteroatoms. The van der Waals surface area contributed by atoms with Crippen LogP contribution in [0.25, 0.3) is 5.57 Å². The first-order chi connectivity index (χ1) is 7.74. The van der Waals surface area contributed by atoms with E-state index in [0.29, 0.717) is 0 Å². The molecule has 0 saturated heterocycles. The van der Waals surface area contributed by atoms with Gasteiger partial charge in [0.1, 0.15) is 11.5 Å². The van der Waals surface area contributed by atoms with E-state index in [2.05, 4.69) is 40.2 Å². The molecule has 1 heterocycles. The Morgan fingerprint density at radius 2 is 2.06 bits per heavy atom. The smallest absolute Gasteiger partial charge is 0.134 e. The van der Waals surface area contributed by atoms with Crippen LogP contribution in [0.15, 0.2) is 45.3 Å². The summed E-state index contributed by atoms with van der Waals surface area (Å²) in [5.74, 6) is 1.93. The number of fused-ring (bicyclic) bond motifs is 1. The van der Waals surface area contributed by atoms with Crippen molar-refractivity contribution >= 4 is 21.5 Å². The zero-order valence-electron chi connectivity index (χ0n) is 8.96. The van der Waals surface area contributed by atoms with Crippen molar-refractivity contribution in [3.8, 4) is 0 Å². The summed E-state index contributed by atoms with van der Waals surface area (Å²) in [5.41, 5.74) is 3.87. The molecule has 16 heavy (non-hydrogen) atoms. The number of hydrogen-bond donors (Lipinski definition) is 0. The lowest BCUT2D eigenvalue weighted by Crippen LogP contribution is -1.85. The second-order valence-electron chi connectivity index (χ2n) is 4.03. The molecule has 0 aliphatic heterocycles. The molecule has 1 aliphatic rings. The maximum atomic E-state index is 5.67. The fourth-order valence-corrected chi connectivity index (χ4v) is 2.54. The molecule has 0 bridgehead atoms. The normalized spacial score (nSPS) is 13.8. The first kappa shape index (κ1) is 9.91. The molecule has 0 unspecified atom stereocenters. The number of furan rings is 1. The molecule has 0 atom stereocenters. The molecule has 1 nitrogen and oxygen atoms in total. The summed E-state index contributed by atoms with van der Waals surface area (Å²) in [5, 5.41) is 0. The first-order valence-electron chi connectivity index (χ1n) is 5.30. The van der Waals surface area contributed by atoms with Crippen LogP contribution in [0.5, 0.6) is 0 Å². The third-order valence-corrected chi connectivity index (χ3v) is 3.38. The average molecular weight is 275 g/mol. The quantitative estimate of drug-likeness (QED) is 0.754. The van der Waals surface area contributed by atoms with Gasteiger partial charge >= 0.3 is 0 Å². The zero-order chi connectivity index (χ0) is 11.1. The van der Waals surface area contributed by atoms with Crippen molar-refractivity contribution in [2.45, 2.75) is 13.3 Å². The van der Waals surface area contributed by atoms with E-state index in [1.807, 2.05) is 19.1 Å². The molecule has 0 amide bonds. The van der Waals surface area contributed by atoms with Gasteiger partial charge < -0.3 is 4.42 Å². The van der Waals surface area contributed by atoms with Crippen molar-refractivity contribution in [3.63, 3.8) is 0 Å². The Bertz CT molecular complexity index is 578. The van der Waals surface area contributed by atoms with Gasteiger partial charge in [-0.2, -0.15) is 0 Å². The molecular formula is C14H11BrO. The van der Waals surface area contributed by atoms with Gasteiger partial charge in [0.25, 0.3) is 0 Å². The van der Waals surface area contributed by atoms with Gasteiger partial charge in [0, 0.05) is 10.0 Å². The molecule has 0 N–H and O–H groups in total. The fraction of sp³-hybridized carbons (Fsp3) is 0.143. The minimum Gasteiger partial charge on any atom is -0.461 e. The van der Waals surface area contributed by atoms with Crippen LogP contribution in [0.2, 0.25) is 0 Å². The van der Waals surface area contributed by atoms with E-state index in [4.69, 9.17) is 4.42 Å². The van der Waals surface area contributed by atoms with Gasteiger partial charge in [-0.1, -0.05) is 28.1 Å². The summed E-state index contributed by atoms with van der Waals surface area (Å²) in [7, 11) is 0. The molecular weight excluding hydrogens is 264 g/mol. The van der Waals surface area contributed by atoms with Gasteiger partial charge in [0.15, 0.2) is 0 Å². The number of rotatable bonds is 1. The highest BCUT2D eigenvalue weighted by atomic mass is 79.9. The van der Waals surface area contributed by atoms with Crippen LogP contribution < -0.4 is 0 Å². The van der Waals surface area contributed by atoms with Crippen LogP contribution in [0.3, 0.4) is 0 Å². The number of benzene rings is 1. The van der Waals surface area contributed by atoms with Gasteiger partial charge in [-0.05, 0) is 48.7 Å². The van der Waals surface area contributed by atoms with E-state index < -0.39 is 0 Å². The van der Waals surface area contributed by atoms with E-state index >= 15 is 0 Å².